The lowest BCUT2D eigenvalue weighted by atomic mass is 10.1. The van der Waals surface area contributed by atoms with Crippen LogP contribution < -0.4 is 10.1 Å². The van der Waals surface area contributed by atoms with Crippen molar-refractivity contribution in [3.05, 3.63) is 29.8 Å². The summed E-state index contributed by atoms with van der Waals surface area (Å²) in [6.45, 7) is -0.475. The minimum atomic E-state index is -2.78. The van der Waals surface area contributed by atoms with Gasteiger partial charge >= 0.3 is 6.61 Å². The van der Waals surface area contributed by atoms with Gasteiger partial charge in [0.25, 0.3) is 0 Å². The Balaban J connectivity index is 1.81. The van der Waals surface area contributed by atoms with Gasteiger partial charge in [-0.3, -0.25) is 0 Å². The SMILES string of the molecule is FC(F)Oc1ccccc1CCN[C@H]1CCCOC1. The van der Waals surface area contributed by atoms with Gasteiger partial charge in [-0.2, -0.15) is 8.78 Å². The van der Waals surface area contributed by atoms with Gasteiger partial charge in [0.15, 0.2) is 0 Å². The standard InChI is InChI=1S/C14H19F2NO2/c15-14(16)19-13-6-2-1-4-11(13)7-8-17-12-5-3-9-18-10-12/h1-2,4,6,12,14,17H,3,5,7-10H2/t12-/m0/s1. The normalized spacial score (nSPS) is 19.6. The van der Waals surface area contributed by atoms with Crippen LogP contribution >= 0.6 is 0 Å². The zero-order valence-corrected chi connectivity index (χ0v) is 10.8. The Morgan fingerprint density at radius 3 is 2.95 bits per heavy atom. The molecule has 106 valence electrons. The Kier molecular flexibility index (Phi) is 5.54. The van der Waals surface area contributed by atoms with Crippen molar-refractivity contribution >= 4 is 0 Å². The van der Waals surface area contributed by atoms with Gasteiger partial charge in [0, 0.05) is 12.6 Å². The molecule has 19 heavy (non-hydrogen) atoms. The fourth-order valence-corrected chi connectivity index (χ4v) is 2.23. The minimum absolute atomic E-state index is 0.263. The molecule has 0 aromatic heterocycles. The molecule has 0 amide bonds. The molecule has 0 aliphatic carbocycles. The summed E-state index contributed by atoms with van der Waals surface area (Å²) in [7, 11) is 0. The number of ether oxygens (including phenoxy) is 2. The fourth-order valence-electron chi connectivity index (χ4n) is 2.23. The Morgan fingerprint density at radius 2 is 2.21 bits per heavy atom. The largest absolute Gasteiger partial charge is 0.435 e. The summed E-state index contributed by atoms with van der Waals surface area (Å²) in [5, 5.41) is 3.38. The summed E-state index contributed by atoms with van der Waals surface area (Å²) in [6.07, 6.45) is 2.84. The van der Waals surface area contributed by atoms with Gasteiger partial charge in [0.1, 0.15) is 5.75 Å². The van der Waals surface area contributed by atoms with Gasteiger partial charge < -0.3 is 14.8 Å². The van der Waals surface area contributed by atoms with Crippen LogP contribution in [0.1, 0.15) is 18.4 Å². The topological polar surface area (TPSA) is 30.5 Å². The molecule has 3 nitrogen and oxygen atoms in total. The third-order valence-corrected chi connectivity index (χ3v) is 3.18. The molecular formula is C14H19F2NO2. The van der Waals surface area contributed by atoms with Gasteiger partial charge in [-0.1, -0.05) is 18.2 Å². The Hall–Kier alpha value is -1.20. The van der Waals surface area contributed by atoms with Gasteiger partial charge in [0.05, 0.1) is 6.61 Å². The number of hydrogen-bond acceptors (Lipinski definition) is 3. The molecule has 1 aliphatic rings. The van der Waals surface area contributed by atoms with E-state index in [0.717, 1.165) is 38.2 Å². The van der Waals surface area contributed by atoms with Gasteiger partial charge in [-0.15, -0.1) is 0 Å². The highest BCUT2D eigenvalue weighted by Crippen LogP contribution is 2.20. The van der Waals surface area contributed by atoms with Crippen LogP contribution in [0.25, 0.3) is 0 Å². The van der Waals surface area contributed by atoms with Crippen LogP contribution in [0.2, 0.25) is 0 Å². The summed E-state index contributed by atoms with van der Waals surface area (Å²) >= 11 is 0. The van der Waals surface area contributed by atoms with Gasteiger partial charge in [-0.05, 0) is 37.4 Å². The maximum atomic E-state index is 12.3. The molecule has 1 N–H and O–H groups in total. The van der Waals surface area contributed by atoms with Crippen molar-refractivity contribution in [1.29, 1.82) is 0 Å². The monoisotopic (exact) mass is 271 g/mol. The smallest absolute Gasteiger partial charge is 0.387 e. The van der Waals surface area contributed by atoms with Crippen molar-refractivity contribution in [1.82, 2.24) is 5.32 Å². The molecule has 1 atom stereocenters. The lowest BCUT2D eigenvalue weighted by molar-refractivity contribution is -0.0504. The number of nitrogens with one attached hydrogen (secondary N) is 1. The van der Waals surface area contributed by atoms with E-state index in [-0.39, 0.29) is 5.75 Å². The van der Waals surface area contributed by atoms with Crippen molar-refractivity contribution in [2.45, 2.75) is 31.9 Å². The highest BCUT2D eigenvalue weighted by Gasteiger charge is 2.13. The highest BCUT2D eigenvalue weighted by atomic mass is 19.3. The lowest BCUT2D eigenvalue weighted by Crippen LogP contribution is -2.37. The molecule has 0 unspecified atom stereocenters. The number of rotatable bonds is 6. The van der Waals surface area contributed by atoms with Crippen LogP contribution in [0.5, 0.6) is 5.75 Å². The molecule has 1 fully saturated rings. The first-order valence-electron chi connectivity index (χ1n) is 6.59. The van der Waals surface area contributed by atoms with Gasteiger partial charge in [0.2, 0.25) is 0 Å². The van der Waals surface area contributed by atoms with Crippen LogP contribution in [-0.4, -0.2) is 32.4 Å². The molecule has 0 bridgehead atoms. The third kappa shape index (κ3) is 4.76. The van der Waals surface area contributed by atoms with E-state index in [2.05, 4.69) is 10.1 Å². The second kappa shape index (κ2) is 7.40. The summed E-state index contributed by atoms with van der Waals surface area (Å²) in [5.41, 5.74) is 0.798. The molecule has 1 aromatic carbocycles. The van der Waals surface area contributed by atoms with E-state index in [4.69, 9.17) is 4.74 Å². The van der Waals surface area contributed by atoms with Crippen LogP contribution in [0.15, 0.2) is 24.3 Å². The van der Waals surface area contributed by atoms with Crippen molar-refractivity contribution in [3.63, 3.8) is 0 Å². The van der Waals surface area contributed by atoms with Gasteiger partial charge in [-0.25, -0.2) is 0 Å². The molecule has 1 heterocycles. The average molecular weight is 271 g/mol. The van der Waals surface area contributed by atoms with E-state index < -0.39 is 6.61 Å². The average Bonchev–Trinajstić information content (AvgIpc) is 2.41. The quantitative estimate of drug-likeness (QED) is 0.862. The van der Waals surface area contributed by atoms with Crippen molar-refractivity contribution in [2.75, 3.05) is 19.8 Å². The molecular weight excluding hydrogens is 252 g/mol. The van der Waals surface area contributed by atoms with E-state index in [1.54, 1.807) is 12.1 Å². The molecule has 5 heteroatoms. The van der Waals surface area contributed by atoms with E-state index in [9.17, 15) is 8.78 Å². The van der Waals surface area contributed by atoms with Crippen LogP contribution in [0, 0.1) is 0 Å². The zero-order chi connectivity index (χ0) is 13.5. The minimum Gasteiger partial charge on any atom is -0.435 e. The second-order valence-corrected chi connectivity index (χ2v) is 4.60. The van der Waals surface area contributed by atoms with E-state index in [0.29, 0.717) is 12.5 Å². The lowest BCUT2D eigenvalue weighted by Gasteiger charge is -2.23. The van der Waals surface area contributed by atoms with E-state index in [1.807, 2.05) is 12.1 Å². The number of alkyl halides is 2. The van der Waals surface area contributed by atoms with E-state index >= 15 is 0 Å². The molecule has 0 spiro atoms. The highest BCUT2D eigenvalue weighted by molar-refractivity contribution is 5.33. The molecule has 1 aromatic rings. The van der Waals surface area contributed by atoms with Crippen molar-refractivity contribution in [3.8, 4) is 5.75 Å². The second-order valence-electron chi connectivity index (χ2n) is 4.60. The molecule has 0 saturated carbocycles. The summed E-state index contributed by atoms with van der Waals surface area (Å²) in [6, 6.07) is 7.29. The third-order valence-electron chi connectivity index (χ3n) is 3.18. The Labute approximate surface area is 111 Å². The fraction of sp³-hybridized carbons (Fsp3) is 0.571. The van der Waals surface area contributed by atoms with Crippen LogP contribution in [0.3, 0.4) is 0 Å². The van der Waals surface area contributed by atoms with Crippen LogP contribution in [-0.2, 0) is 11.2 Å². The Morgan fingerprint density at radius 1 is 1.37 bits per heavy atom. The zero-order valence-electron chi connectivity index (χ0n) is 10.8. The van der Waals surface area contributed by atoms with Crippen LogP contribution in [0.4, 0.5) is 8.78 Å². The van der Waals surface area contributed by atoms with E-state index in [1.165, 1.54) is 0 Å². The number of benzene rings is 1. The molecule has 1 aliphatic heterocycles. The predicted octanol–water partition coefficient (Wildman–Crippen LogP) is 2.60. The number of halogens is 2. The first-order chi connectivity index (χ1) is 9.25. The maximum Gasteiger partial charge on any atom is 0.387 e. The summed E-state index contributed by atoms with van der Waals surface area (Å²) < 4.78 is 34.4. The summed E-state index contributed by atoms with van der Waals surface area (Å²) in [5.74, 6) is 0.263. The maximum absolute atomic E-state index is 12.3. The summed E-state index contributed by atoms with van der Waals surface area (Å²) in [4.78, 5) is 0. The molecule has 1 saturated heterocycles. The molecule has 2 rings (SSSR count). The Bertz CT molecular complexity index is 381. The predicted molar refractivity (Wildman–Crippen MR) is 68.6 cm³/mol. The molecule has 0 radical (unpaired) electrons. The number of para-hydroxylation sites is 1. The number of hydrogen-bond donors (Lipinski definition) is 1. The van der Waals surface area contributed by atoms with Crippen molar-refractivity contribution in [2.24, 2.45) is 0 Å². The first-order valence-corrected chi connectivity index (χ1v) is 6.59. The van der Waals surface area contributed by atoms with Crippen molar-refractivity contribution < 1.29 is 18.3 Å². The first kappa shape index (κ1) is 14.2.